The maximum Gasteiger partial charge on any atom is 0.215 e. The Kier molecular flexibility index (Phi) is 6.89. The van der Waals surface area contributed by atoms with Crippen molar-refractivity contribution in [2.24, 2.45) is 0 Å². The van der Waals surface area contributed by atoms with Crippen LogP contribution >= 0.6 is 11.6 Å². The SMILES string of the molecule is CCCCCCC(=O)c1cc(-c2nccc3c(Nc4ccc(F)c(Cl)c4)c(N)oc23)ccn1. The molecule has 170 valence electrons. The van der Waals surface area contributed by atoms with E-state index in [2.05, 4.69) is 22.2 Å². The van der Waals surface area contributed by atoms with E-state index >= 15 is 0 Å². The summed E-state index contributed by atoms with van der Waals surface area (Å²) in [5.41, 5.74) is 9.36. The van der Waals surface area contributed by atoms with Gasteiger partial charge < -0.3 is 15.5 Å². The van der Waals surface area contributed by atoms with E-state index < -0.39 is 5.82 Å². The topological polar surface area (TPSA) is 94.0 Å². The van der Waals surface area contributed by atoms with Gasteiger partial charge in [-0.25, -0.2) is 4.39 Å². The number of halogens is 2. The van der Waals surface area contributed by atoms with Gasteiger partial charge in [0.1, 0.15) is 22.9 Å². The Morgan fingerprint density at radius 2 is 1.94 bits per heavy atom. The normalized spacial score (nSPS) is 11.1. The number of hydrogen-bond acceptors (Lipinski definition) is 6. The van der Waals surface area contributed by atoms with Crippen molar-refractivity contribution in [2.45, 2.75) is 39.0 Å². The first kappa shape index (κ1) is 22.7. The molecule has 33 heavy (non-hydrogen) atoms. The molecule has 0 aliphatic rings. The number of carbonyl (C=O) groups excluding carboxylic acids is 1. The standard InChI is InChI=1S/C25H24ClFN4O2/c1-2-3-4-5-6-21(32)20-13-15(9-11-29-20)22-24-17(10-12-30-22)23(25(28)33-24)31-16-7-8-19(27)18(26)14-16/h7-14,31H,2-6,28H2,1H3. The van der Waals surface area contributed by atoms with Gasteiger partial charge in [-0.15, -0.1) is 0 Å². The van der Waals surface area contributed by atoms with Gasteiger partial charge in [0.15, 0.2) is 11.4 Å². The van der Waals surface area contributed by atoms with E-state index in [-0.39, 0.29) is 16.7 Å². The Morgan fingerprint density at radius 1 is 1.12 bits per heavy atom. The van der Waals surface area contributed by atoms with Crippen molar-refractivity contribution >= 4 is 45.6 Å². The van der Waals surface area contributed by atoms with Crippen LogP contribution in [-0.4, -0.2) is 15.8 Å². The Balaban J connectivity index is 1.65. The van der Waals surface area contributed by atoms with E-state index in [0.717, 1.165) is 25.7 Å². The van der Waals surface area contributed by atoms with Crippen LogP contribution in [-0.2, 0) is 0 Å². The van der Waals surface area contributed by atoms with Crippen molar-refractivity contribution in [3.63, 3.8) is 0 Å². The number of pyridine rings is 2. The van der Waals surface area contributed by atoms with E-state index in [1.54, 1.807) is 36.7 Å². The molecule has 1 aromatic carbocycles. The number of nitrogens with two attached hydrogens (primary N) is 1. The third-order valence-electron chi connectivity index (χ3n) is 5.40. The van der Waals surface area contributed by atoms with E-state index in [4.69, 9.17) is 21.8 Å². The van der Waals surface area contributed by atoms with Crippen molar-refractivity contribution < 1.29 is 13.6 Å². The van der Waals surface area contributed by atoms with Crippen LogP contribution in [0.15, 0.2) is 53.2 Å². The molecule has 0 radical (unpaired) electrons. The second-order valence-corrected chi connectivity index (χ2v) is 8.20. The van der Waals surface area contributed by atoms with E-state index in [0.29, 0.717) is 45.7 Å². The smallest absolute Gasteiger partial charge is 0.215 e. The lowest BCUT2D eigenvalue weighted by Gasteiger charge is -2.07. The second-order valence-electron chi connectivity index (χ2n) is 7.80. The molecule has 8 heteroatoms. The molecule has 3 aromatic heterocycles. The molecule has 0 spiro atoms. The molecular weight excluding hydrogens is 443 g/mol. The van der Waals surface area contributed by atoms with Gasteiger partial charge in [0.05, 0.1) is 10.4 Å². The van der Waals surface area contributed by atoms with Crippen molar-refractivity contribution in [1.29, 1.82) is 0 Å². The molecule has 0 atom stereocenters. The number of aromatic nitrogens is 2. The third-order valence-corrected chi connectivity index (χ3v) is 5.69. The summed E-state index contributed by atoms with van der Waals surface area (Å²) in [5.74, 6) is -0.345. The Bertz CT molecular complexity index is 1310. The van der Waals surface area contributed by atoms with Gasteiger partial charge in [-0.2, -0.15) is 0 Å². The average Bonchev–Trinajstić information content (AvgIpc) is 3.14. The van der Waals surface area contributed by atoms with Gasteiger partial charge >= 0.3 is 0 Å². The first-order chi connectivity index (χ1) is 16.0. The van der Waals surface area contributed by atoms with E-state index in [1.807, 2.05) is 0 Å². The van der Waals surface area contributed by atoms with Crippen LogP contribution in [0.25, 0.3) is 22.2 Å². The monoisotopic (exact) mass is 466 g/mol. The number of hydrogen-bond donors (Lipinski definition) is 2. The summed E-state index contributed by atoms with van der Waals surface area (Å²) in [5, 5.41) is 3.83. The van der Waals surface area contributed by atoms with Crippen LogP contribution in [0.2, 0.25) is 5.02 Å². The molecule has 3 N–H and O–H groups in total. The fourth-order valence-corrected chi connectivity index (χ4v) is 3.85. The summed E-state index contributed by atoms with van der Waals surface area (Å²) in [6, 6.07) is 9.58. The first-order valence-corrected chi connectivity index (χ1v) is 11.2. The number of furan rings is 1. The van der Waals surface area contributed by atoms with Gasteiger partial charge in [0.2, 0.25) is 5.88 Å². The van der Waals surface area contributed by atoms with Gasteiger partial charge in [0, 0.05) is 30.1 Å². The molecule has 0 aliphatic carbocycles. The van der Waals surface area contributed by atoms with Crippen LogP contribution in [0.3, 0.4) is 0 Å². The number of unbranched alkanes of at least 4 members (excludes halogenated alkanes) is 3. The lowest BCUT2D eigenvalue weighted by Crippen LogP contribution is -2.02. The second kappa shape index (κ2) is 10.0. The van der Waals surface area contributed by atoms with Crippen molar-refractivity contribution in [2.75, 3.05) is 11.1 Å². The number of nitrogens with zero attached hydrogens (tertiary/aromatic N) is 2. The lowest BCUT2D eigenvalue weighted by molar-refractivity contribution is 0.0974. The fourth-order valence-electron chi connectivity index (χ4n) is 3.67. The number of Topliss-reactive ketones (excluding diaryl/α,β-unsaturated/α-hetero) is 1. The minimum absolute atomic E-state index is 0.00240. The van der Waals surface area contributed by atoms with E-state index in [1.165, 1.54) is 12.1 Å². The number of nitrogen functional groups attached to an aromatic ring is 1. The quantitative estimate of drug-likeness (QED) is 0.201. The first-order valence-electron chi connectivity index (χ1n) is 10.9. The highest BCUT2D eigenvalue weighted by molar-refractivity contribution is 6.31. The highest BCUT2D eigenvalue weighted by atomic mass is 35.5. The lowest BCUT2D eigenvalue weighted by atomic mass is 10.0. The predicted molar refractivity (Wildman–Crippen MR) is 129 cm³/mol. The third kappa shape index (κ3) is 4.98. The number of anilines is 3. The molecule has 0 saturated carbocycles. The molecule has 0 unspecified atom stereocenters. The van der Waals surface area contributed by atoms with Gasteiger partial charge in [-0.3, -0.25) is 14.8 Å². The fraction of sp³-hybridized carbons (Fsp3) is 0.240. The summed E-state index contributed by atoms with van der Waals surface area (Å²) < 4.78 is 19.3. The molecule has 3 heterocycles. The van der Waals surface area contributed by atoms with Crippen LogP contribution < -0.4 is 11.1 Å². The highest BCUT2D eigenvalue weighted by Crippen LogP contribution is 2.39. The van der Waals surface area contributed by atoms with Crippen molar-refractivity contribution in [3.8, 4) is 11.3 Å². The maximum absolute atomic E-state index is 13.5. The van der Waals surface area contributed by atoms with Gasteiger partial charge in [-0.1, -0.05) is 37.8 Å². The van der Waals surface area contributed by atoms with Crippen LogP contribution in [0, 0.1) is 5.82 Å². The summed E-state index contributed by atoms with van der Waals surface area (Å²) in [6.07, 6.45) is 7.83. The molecule has 0 fully saturated rings. The minimum atomic E-state index is -0.507. The zero-order valence-electron chi connectivity index (χ0n) is 18.2. The molecule has 0 bridgehead atoms. The largest absolute Gasteiger partial charge is 0.436 e. The van der Waals surface area contributed by atoms with Crippen molar-refractivity contribution in [1.82, 2.24) is 9.97 Å². The average molecular weight is 467 g/mol. The molecule has 0 amide bonds. The predicted octanol–water partition coefficient (Wildman–Crippen LogP) is 7.16. The summed E-state index contributed by atoms with van der Waals surface area (Å²) in [7, 11) is 0. The molecule has 0 aliphatic heterocycles. The Hall–Kier alpha value is -3.45. The van der Waals surface area contributed by atoms with Gasteiger partial charge in [-0.05, 0) is 42.8 Å². The number of ketones is 1. The maximum atomic E-state index is 13.5. The van der Waals surface area contributed by atoms with Crippen LogP contribution in [0.1, 0.15) is 49.5 Å². The minimum Gasteiger partial charge on any atom is -0.436 e. The zero-order valence-corrected chi connectivity index (χ0v) is 19.0. The summed E-state index contributed by atoms with van der Waals surface area (Å²) >= 11 is 5.89. The Morgan fingerprint density at radius 3 is 2.73 bits per heavy atom. The molecule has 6 nitrogen and oxygen atoms in total. The zero-order chi connectivity index (χ0) is 23.4. The van der Waals surface area contributed by atoms with Crippen LogP contribution in [0.4, 0.5) is 21.6 Å². The highest BCUT2D eigenvalue weighted by Gasteiger charge is 2.18. The van der Waals surface area contributed by atoms with E-state index in [9.17, 15) is 9.18 Å². The molecular formula is C25H24ClFN4O2. The molecule has 4 rings (SSSR count). The summed E-state index contributed by atoms with van der Waals surface area (Å²) in [4.78, 5) is 21.3. The number of rotatable bonds is 9. The van der Waals surface area contributed by atoms with Crippen molar-refractivity contribution in [3.05, 3.63) is 65.3 Å². The summed E-state index contributed by atoms with van der Waals surface area (Å²) in [6.45, 7) is 2.14. The molecule has 4 aromatic rings. The Labute approximate surface area is 196 Å². The number of benzene rings is 1. The number of fused-ring (bicyclic) bond motifs is 1. The van der Waals surface area contributed by atoms with Gasteiger partial charge in [0.25, 0.3) is 0 Å². The number of carbonyl (C=O) groups is 1. The van der Waals surface area contributed by atoms with Crippen LogP contribution in [0.5, 0.6) is 0 Å². The number of nitrogens with one attached hydrogen (secondary N) is 1. The molecule has 0 saturated heterocycles.